The van der Waals surface area contributed by atoms with Crippen molar-refractivity contribution in [3.63, 3.8) is 0 Å². The largest absolute Gasteiger partial charge is 0.456 e. The molecule has 234 valence electrons. The quantitative estimate of drug-likeness (QED) is 0.315. The zero-order chi connectivity index (χ0) is 31.4. The number of fused-ring (bicyclic) bond motifs is 3. The fourth-order valence-corrected chi connectivity index (χ4v) is 6.03. The van der Waals surface area contributed by atoms with Gasteiger partial charge in [0.05, 0.1) is 12.1 Å². The summed E-state index contributed by atoms with van der Waals surface area (Å²) in [6.45, 7) is 5.34. The number of piperazine rings is 1. The number of hydrogen-bond acceptors (Lipinski definition) is 6. The first-order valence-electron chi connectivity index (χ1n) is 15.0. The molecule has 0 spiro atoms. The first-order valence-corrected chi connectivity index (χ1v) is 15.0. The number of furan rings is 1. The molecule has 0 radical (unpaired) electrons. The number of carbonyl (C=O) groups excluding carboxylic acids is 2. The molecule has 44 heavy (non-hydrogen) atoms. The van der Waals surface area contributed by atoms with Gasteiger partial charge in [-0.15, -0.1) is 0 Å². The van der Waals surface area contributed by atoms with E-state index in [1.807, 2.05) is 11.0 Å². The van der Waals surface area contributed by atoms with E-state index in [-0.39, 0.29) is 17.1 Å². The first kappa shape index (κ1) is 30.3. The summed E-state index contributed by atoms with van der Waals surface area (Å²) in [4.78, 5) is 30.5. The molecule has 3 fully saturated rings. The van der Waals surface area contributed by atoms with Gasteiger partial charge >= 0.3 is 6.18 Å². The normalized spacial score (nSPS) is 20.3. The number of nitriles is 1. The van der Waals surface area contributed by atoms with E-state index in [2.05, 4.69) is 15.5 Å². The van der Waals surface area contributed by atoms with Crippen LogP contribution < -0.4 is 10.6 Å². The maximum atomic E-state index is 14.7. The number of alkyl halides is 4. The van der Waals surface area contributed by atoms with Crippen molar-refractivity contribution in [2.75, 3.05) is 26.2 Å². The third-order valence-electron chi connectivity index (χ3n) is 8.77. The third-order valence-corrected chi connectivity index (χ3v) is 8.77. The van der Waals surface area contributed by atoms with Crippen molar-refractivity contribution in [2.45, 2.75) is 81.5 Å². The summed E-state index contributed by atoms with van der Waals surface area (Å²) < 4.78 is 63.9. The highest BCUT2D eigenvalue weighted by Crippen LogP contribution is 2.39. The fraction of sp³-hybridized carbons (Fsp3) is 0.531. The molecule has 2 saturated carbocycles. The number of halogens is 4. The molecule has 2 atom stereocenters. The second-order valence-electron chi connectivity index (χ2n) is 12.9. The van der Waals surface area contributed by atoms with Crippen LogP contribution in [0.2, 0.25) is 0 Å². The van der Waals surface area contributed by atoms with E-state index in [9.17, 15) is 32.4 Å². The van der Waals surface area contributed by atoms with E-state index >= 15 is 0 Å². The number of rotatable bonds is 9. The zero-order valence-electron chi connectivity index (χ0n) is 24.6. The molecular formula is C32H35F4N5O3. The molecular weight excluding hydrogens is 578 g/mol. The lowest BCUT2D eigenvalue weighted by molar-refractivity contribution is -0.161. The van der Waals surface area contributed by atoms with Crippen molar-refractivity contribution in [3.05, 3.63) is 47.5 Å². The summed E-state index contributed by atoms with van der Waals surface area (Å²) >= 11 is 0. The van der Waals surface area contributed by atoms with Gasteiger partial charge in [-0.1, -0.05) is 12.1 Å². The molecule has 1 aromatic heterocycles. The van der Waals surface area contributed by atoms with Crippen molar-refractivity contribution in [3.8, 4) is 6.07 Å². The molecule has 2 amide bonds. The van der Waals surface area contributed by atoms with Crippen LogP contribution >= 0.6 is 0 Å². The Morgan fingerprint density at radius 1 is 1.02 bits per heavy atom. The summed E-state index contributed by atoms with van der Waals surface area (Å²) in [5.41, 5.74) is -2.21. The van der Waals surface area contributed by atoms with Crippen LogP contribution in [0.1, 0.15) is 67.9 Å². The second-order valence-corrected chi connectivity index (χ2v) is 12.9. The van der Waals surface area contributed by atoms with Crippen molar-refractivity contribution in [1.82, 2.24) is 20.4 Å². The lowest BCUT2D eigenvalue weighted by Crippen LogP contribution is -2.53. The molecule has 2 aliphatic carbocycles. The zero-order valence-corrected chi connectivity index (χ0v) is 24.6. The Balaban J connectivity index is 1.25. The highest BCUT2D eigenvalue weighted by molar-refractivity contribution is 6.08. The van der Waals surface area contributed by atoms with Crippen LogP contribution in [0.5, 0.6) is 0 Å². The molecule has 3 aliphatic rings. The van der Waals surface area contributed by atoms with Gasteiger partial charge in [-0.05, 0) is 69.4 Å². The minimum Gasteiger partial charge on any atom is -0.456 e. The van der Waals surface area contributed by atoms with Gasteiger partial charge < -0.3 is 14.6 Å². The van der Waals surface area contributed by atoms with Crippen LogP contribution in [0.3, 0.4) is 0 Å². The van der Waals surface area contributed by atoms with E-state index in [1.54, 1.807) is 18.2 Å². The van der Waals surface area contributed by atoms with Gasteiger partial charge in [-0.25, -0.2) is 4.39 Å². The molecule has 1 saturated heterocycles. The van der Waals surface area contributed by atoms with Crippen molar-refractivity contribution in [2.24, 2.45) is 0 Å². The smallest absolute Gasteiger partial charge is 0.407 e. The average molecular weight is 614 g/mol. The molecule has 2 aromatic carbocycles. The highest BCUT2D eigenvalue weighted by atomic mass is 19.4. The molecule has 12 heteroatoms. The van der Waals surface area contributed by atoms with Gasteiger partial charge in [0.2, 0.25) is 5.91 Å². The van der Waals surface area contributed by atoms with Gasteiger partial charge in [-0.3, -0.25) is 19.8 Å². The lowest BCUT2D eigenvalue weighted by Gasteiger charge is -2.34. The number of benzene rings is 2. The minimum absolute atomic E-state index is 0.0980. The molecule has 3 aromatic rings. The molecule has 2 N–H and O–H groups in total. The Morgan fingerprint density at radius 3 is 2.32 bits per heavy atom. The minimum atomic E-state index is -4.84. The highest BCUT2D eigenvalue weighted by Gasteiger charge is 2.48. The van der Waals surface area contributed by atoms with Crippen LogP contribution in [0.25, 0.3) is 21.9 Å². The lowest BCUT2D eigenvalue weighted by atomic mass is 9.97. The maximum absolute atomic E-state index is 14.7. The monoisotopic (exact) mass is 613 g/mol. The summed E-state index contributed by atoms with van der Waals surface area (Å²) in [7, 11) is 0. The molecule has 8 nitrogen and oxygen atoms in total. The molecule has 6 rings (SSSR count). The fourth-order valence-electron chi connectivity index (χ4n) is 6.03. The SMILES string of the molecule is CC(C)(F)C[C@H](N[C@@H](c1ccc2c(c1)oc1ccc(C(=O)N3CCN(C4CC4)CC3)cc12)C(F)(F)F)C(=O)NC1(C#N)CC1. The van der Waals surface area contributed by atoms with Crippen LogP contribution in [-0.2, 0) is 4.79 Å². The Kier molecular flexibility index (Phi) is 7.61. The average Bonchev–Trinajstić information content (AvgIpc) is 3.91. The second kappa shape index (κ2) is 11.0. The van der Waals surface area contributed by atoms with Gasteiger partial charge in [0, 0.05) is 55.0 Å². The predicted molar refractivity (Wildman–Crippen MR) is 155 cm³/mol. The maximum Gasteiger partial charge on any atom is 0.407 e. The number of nitrogens with one attached hydrogen (secondary N) is 2. The number of nitrogens with zero attached hydrogens (tertiary/aromatic N) is 3. The standard InChI is InChI=1S/C32H35F4N5O3/c1-30(2,33)17-24(28(42)39-31(18-37)9-10-31)38-27(32(34,35)36)19-3-7-22-23-15-20(4-8-25(23)44-26(22)16-19)29(43)41-13-11-40(12-14-41)21-5-6-21/h3-4,7-8,15-16,21,24,27,38H,5-6,9-14,17H2,1-2H3,(H,39,42)/t24-,27-/m0/s1. The molecule has 0 bridgehead atoms. The van der Waals surface area contributed by atoms with Crippen LogP contribution in [-0.4, -0.2) is 77.3 Å². The molecule has 0 unspecified atom stereocenters. The van der Waals surface area contributed by atoms with E-state index < -0.39 is 41.8 Å². The molecule has 2 heterocycles. The van der Waals surface area contributed by atoms with Crippen molar-refractivity contribution < 1.29 is 31.6 Å². The Bertz CT molecular complexity index is 1620. The molecule has 1 aliphatic heterocycles. The van der Waals surface area contributed by atoms with E-state index in [1.165, 1.54) is 44.9 Å². The predicted octanol–water partition coefficient (Wildman–Crippen LogP) is 5.38. The van der Waals surface area contributed by atoms with Gasteiger partial charge in [0.25, 0.3) is 5.91 Å². The van der Waals surface area contributed by atoms with Crippen LogP contribution in [0.4, 0.5) is 17.6 Å². The van der Waals surface area contributed by atoms with Crippen molar-refractivity contribution >= 4 is 33.8 Å². The number of amides is 2. The Morgan fingerprint density at radius 2 is 1.73 bits per heavy atom. The van der Waals surface area contributed by atoms with Crippen LogP contribution in [0, 0.1) is 11.3 Å². The van der Waals surface area contributed by atoms with E-state index in [0.29, 0.717) is 53.9 Å². The number of carbonyl (C=O) groups is 2. The van der Waals surface area contributed by atoms with Crippen molar-refractivity contribution in [1.29, 1.82) is 5.26 Å². The summed E-state index contributed by atoms with van der Waals surface area (Å²) in [5, 5.41) is 15.3. The topological polar surface area (TPSA) is 102 Å². The summed E-state index contributed by atoms with van der Waals surface area (Å²) in [5.74, 6) is -0.959. The first-order chi connectivity index (χ1) is 20.7. The van der Waals surface area contributed by atoms with E-state index in [4.69, 9.17) is 4.42 Å². The summed E-state index contributed by atoms with van der Waals surface area (Å²) in [6, 6.07) is 7.82. The summed E-state index contributed by atoms with van der Waals surface area (Å²) in [6.07, 6.45) is -2.17. The van der Waals surface area contributed by atoms with E-state index in [0.717, 1.165) is 13.1 Å². The Hall–Kier alpha value is -3.69. The van der Waals surface area contributed by atoms with Gasteiger partial charge in [0.15, 0.2) is 0 Å². The number of hydrogen-bond donors (Lipinski definition) is 2. The van der Waals surface area contributed by atoms with Crippen LogP contribution in [0.15, 0.2) is 40.8 Å². The van der Waals surface area contributed by atoms with Gasteiger partial charge in [0.1, 0.15) is 28.4 Å². The third kappa shape index (κ3) is 6.40. The van der Waals surface area contributed by atoms with Gasteiger partial charge in [-0.2, -0.15) is 18.4 Å². The Labute approximate surface area is 252 Å².